The molecule has 0 aromatic heterocycles. The van der Waals surface area contributed by atoms with Gasteiger partial charge in [0.1, 0.15) is 6.29 Å². The van der Waals surface area contributed by atoms with Gasteiger partial charge in [-0.05, 0) is 31.2 Å². The Kier molecular flexibility index (Phi) is 5.57. The minimum atomic E-state index is -0.394. The van der Waals surface area contributed by atoms with Gasteiger partial charge in [-0.2, -0.15) is 0 Å². The largest absolute Gasteiger partial charge is 0.462 e. The van der Waals surface area contributed by atoms with Crippen LogP contribution in [0.25, 0.3) is 0 Å². The van der Waals surface area contributed by atoms with Crippen LogP contribution in [0.2, 0.25) is 0 Å². The summed E-state index contributed by atoms with van der Waals surface area (Å²) in [5, 5.41) is 0. The van der Waals surface area contributed by atoms with E-state index in [9.17, 15) is 14.4 Å². The molecule has 0 aliphatic carbocycles. The molecule has 0 bridgehead atoms. The Labute approximate surface area is 105 Å². The molecule has 0 atom stereocenters. The van der Waals surface area contributed by atoms with E-state index in [1.165, 1.54) is 4.90 Å². The zero-order valence-corrected chi connectivity index (χ0v) is 10.2. The van der Waals surface area contributed by atoms with Gasteiger partial charge in [-0.1, -0.05) is 0 Å². The van der Waals surface area contributed by atoms with E-state index >= 15 is 0 Å². The predicted molar refractivity (Wildman–Crippen MR) is 66.5 cm³/mol. The molecule has 0 unspecified atom stereocenters. The van der Waals surface area contributed by atoms with Crippen molar-refractivity contribution in [3.63, 3.8) is 0 Å². The van der Waals surface area contributed by atoms with E-state index in [0.717, 1.165) is 6.29 Å². The number of amides is 1. The highest BCUT2D eigenvalue weighted by Crippen LogP contribution is 2.14. The van der Waals surface area contributed by atoms with Crippen LogP contribution in [0, 0.1) is 0 Å². The Morgan fingerprint density at radius 1 is 1.28 bits per heavy atom. The molecule has 0 spiro atoms. The van der Waals surface area contributed by atoms with E-state index in [4.69, 9.17) is 4.74 Å². The molecular formula is C13H15NO4. The maximum atomic E-state index is 11.4. The highest BCUT2D eigenvalue weighted by Gasteiger charge is 2.08. The molecule has 0 heterocycles. The van der Waals surface area contributed by atoms with Crippen LogP contribution in [0.5, 0.6) is 0 Å². The molecule has 0 saturated carbocycles. The lowest BCUT2D eigenvalue weighted by Gasteiger charge is -2.16. The third kappa shape index (κ3) is 3.69. The molecule has 0 saturated heterocycles. The molecule has 5 nitrogen and oxygen atoms in total. The van der Waals surface area contributed by atoms with E-state index in [2.05, 4.69) is 0 Å². The van der Waals surface area contributed by atoms with Gasteiger partial charge in [0, 0.05) is 18.7 Å². The van der Waals surface area contributed by atoms with Gasteiger partial charge in [0.15, 0.2) is 0 Å². The molecule has 1 rings (SSSR count). The quantitative estimate of drug-likeness (QED) is 0.541. The van der Waals surface area contributed by atoms with Crippen LogP contribution >= 0.6 is 0 Å². The smallest absolute Gasteiger partial charge is 0.338 e. The van der Waals surface area contributed by atoms with Crippen LogP contribution < -0.4 is 4.90 Å². The first-order valence-corrected chi connectivity index (χ1v) is 5.65. The molecule has 96 valence electrons. The van der Waals surface area contributed by atoms with Crippen LogP contribution in [0.4, 0.5) is 5.69 Å². The zero-order valence-electron chi connectivity index (χ0n) is 10.2. The third-order valence-electron chi connectivity index (χ3n) is 2.33. The summed E-state index contributed by atoms with van der Waals surface area (Å²) in [4.78, 5) is 33.9. The standard InChI is InChI=1S/C13H15NO4/c1-2-18-13(17)11-4-6-12(7-5-11)14(10-16)8-3-9-15/h4-7,9-10H,2-3,8H2,1H3. The predicted octanol–water partition coefficient (Wildman–Crippen LogP) is 1.42. The molecule has 0 N–H and O–H groups in total. The average molecular weight is 249 g/mol. The number of rotatable bonds is 7. The topological polar surface area (TPSA) is 63.7 Å². The summed E-state index contributed by atoms with van der Waals surface area (Å²) < 4.78 is 4.85. The van der Waals surface area contributed by atoms with Crippen LogP contribution in [-0.2, 0) is 14.3 Å². The van der Waals surface area contributed by atoms with Crippen molar-refractivity contribution in [2.45, 2.75) is 13.3 Å². The summed E-state index contributed by atoms with van der Waals surface area (Å²) >= 11 is 0. The summed E-state index contributed by atoms with van der Waals surface area (Å²) in [6, 6.07) is 6.46. The normalized spacial score (nSPS) is 9.61. The Hall–Kier alpha value is -2.17. The monoisotopic (exact) mass is 249 g/mol. The number of hydrogen-bond acceptors (Lipinski definition) is 4. The molecule has 18 heavy (non-hydrogen) atoms. The van der Waals surface area contributed by atoms with Gasteiger partial charge in [-0.3, -0.25) is 4.79 Å². The molecule has 1 aromatic carbocycles. The molecule has 0 fully saturated rings. The van der Waals surface area contributed by atoms with Gasteiger partial charge < -0.3 is 14.4 Å². The number of carbonyl (C=O) groups is 3. The summed E-state index contributed by atoms with van der Waals surface area (Å²) in [5.41, 5.74) is 1.07. The first kappa shape index (κ1) is 13.9. The number of ether oxygens (including phenoxy) is 1. The van der Waals surface area contributed by atoms with Gasteiger partial charge in [0.25, 0.3) is 0 Å². The van der Waals surface area contributed by atoms with Gasteiger partial charge in [0.05, 0.1) is 12.2 Å². The highest BCUT2D eigenvalue weighted by atomic mass is 16.5. The van der Waals surface area contributed by atoms with E-state index in [1.807, 2.05) is 0 Å². The Bertz CT molecular complexity index is 414. The summed E-state index contributed by atoms with van der Waals surface area (Å²) in [7, 11) is 0. The van der Waals surface area contributed by atoms with E-state index in [0.29, 0.717) is 30.8 Å². The number of nitrogens with zero attached hydrogens (tertiary/aromatic N) is 1. The number of carbonyl (C=O) groups excluding carboxylic acids is 3. The molecule has 0 radical (unpaired) electrons. The third-order valence-corrected chi connectivity index (χ3v) is 2.33. The van der Waals surface area contributed by atoms with Gasteiger partial charge in [-0.15, -0.1) is 0 Å². The number of anilines is 1. The van der Waals surface area contributed by atoms with Crippen LogP contribution in [0.3, 0.4) is 0 Å². The molecule has 1 amide bonds. The second-order valence-electron chi connectivity index (χ2n) is 3.52. The summed E-state index contributed by atoms with van der Waals surface area (Å²) in [6.07, 6.45) is 1.69. The van der Waals surface area contributed by atoms with Crippen molar-refractivity contribution in [1.82, 2.24) is 0 Å². The Balaban J connectivity index is 2.77. The van der Waals surface area contributed by atoms with Crippen molar-refractivity contribution in [3.05, 3.63) is 29.8 Å². The average Bonchev–Trinajstić information content (AvgIpc) is 2.40. The van der Waals surface area contributed by atoms with Crippen molar-refractivity contribution in [3.8, 4) is 0 Å². The molecule has 0 aliphatic heterocycles. The lowest BCUT2D eigenvalue weighted by Crippen LogP contribution is -2.22. The van der Waals surface area contributed by atoms with Crippen LogP contribution in [0.15, 0.2) is 24.3 Å². The highest BCUT2D eigenvalue weighted by molar-refractivity contribution is 5.90. The van der Waals surface area contributed by atoms with Crippen molar-refractivity contribution in [2.75, 3.05) is 18.1 Å². The number of aldehydes is 1. The maximum Gasteiger partial charge on any atom is 0.338 e. The maximum absolute atomic E-state index is 11.4. The Morgan fingerprint density at radius 3 is 2.44 bits per heavy atom. The fourth-order valence-corrected chi connectivity index (χ4v) is 1.44. The SMILES string of the molecule is CCOC(=O)c1ccc(N(C=O)CCC=O)cc1. The van der Waals surface area contributed by atoms with E-state index in [-0.39, 0.29) is 6.42 Å². The molecular weight excluding hydrogens is 234 g/mol. The fraction of sp³-hybridized carbons (Fsp3) is 0.308. The van der Waals surface area contributed by atoms with Crippen molar-refractivity contribution in [1.29, 1.82) is 0 Å². The van der Waals surface area contributed by atoms with Crippen molar-refractivity contribution in [2.24, 2.45) is 0 Å². The van der Waals surface area contributed by atoms with Gasteiger partial charge >= 0.3 is 5.97 Å². The van der Waals surface area contributed by atoms with E-state index < -0.39 is 5.97 Å². The second kappa shape index (κ2) is 7.21. The molecule has 0 aliphatic rings. The van der Waals surface area contributed by atoms with Gasteiger partial charge in [0.2, 0.25) is 6.41 Å². The summed E-state index contributed by atoms with van der Waals surface area (Å²) in [6.45, 7) is 2.38. The van der Waals surface area contributed by atoms with Crippen LogP contribution in [0.1, 0.15) is 23.7 Å². The minimum Gasteiger partial charge on any atom is -0.462 e. The number of esters is 1. The van der Waals surface area contributed by atoms with E-state index in [1.54, 1.807) is 31.2 Å². The zero-order chi connectivity index (χ0) is 13.4. The van der Waals surface area contributed by atoms with Crippen molar-refractivity contribution < 1.29 is 19.1 Å². The summed E-state index contributed by atoms with van der Waals surface area (Å²) in [5.74, 6) is -0.394. The first-order chi connectivity index (χ1) is 8.72. The molecule has 1 aromatic rings. The lowest BCUT2D eigenvalue weighted by atomic mass is 10.2. The number of hydrogen-bond donors (Lipinski definition) is 0. The minimum absolute atomic E-state index is 0.276. The first-order valence-electron chi connectivity index (χ1n) is 5.65. The Morgan fingerprint density at radius 2 is 1.94 bits per heavy atom. The number of benzene rings is 1. The molecule has 5 heteroatoms. The van der Waals surface area contributed by atoms with Crippen LogP contribution in [-0.4, -0.2) is 31.8 Å². The van der Waals surface area contributed by atoms with Crippen molar-refractivity contribution >= 4 is 24.4 Å². The fourth-order valence-electron chi connectivity index (χ4n) is 1.44. The lowest BCUT2D eigenvalue weighted by molar-refractivity contribution is -0.108. The van der Waals surface area contributed by atoms with Gasteiger partial charge in [-0.25, -0.2) is 4.79 Å². The second-order valence-corrected chi connectivity index (χ2v) is 3.52.